The van der Waals surface area contributed by atoms with Gasteiger partial charge in [-0.2, -0.15) is 0 Å². The van der Waals surface area contributed by atoms with Crippen LogP contribution in [-0.2, 0) is 9.53 Å². The lowest BCUT2D eigenvalue weighted by Gasteiger charge is -2.36. The van der Waals surface area contributed by atoms with Crippen molar-refractivity contribution in [2.75, 3.05) is 20.7 Å². The number of rotatable bonds is 6. The Labute approximate surface area is 187 Å². The quantitative estimate of drug-likeness (QED) is 0.371. The van der Waals surface area contributed by atoms with Gasteiger partial charge in [-0.05, 0) is 69.0 Å². The average molecular weight is 448 g/mol. The first kappa shape index (κ1) is 21.3. The van der Waals surface area contributed by atoms with Gasteiger partial charge in [0.15, 0.2) is 5.76 Å². The zero-order valence-electron chi connectivity index (χ0n) is 17.3. The molecule has 1 aromatic heterocycles. The molecule has 4 rings (SSSR count). The lowest BCUT2D eigenvalue weighted by atomic mass is 9.91. The number of hydrogen-bond acceptors (Lipinski definition) is 3. The van der Waals surface area contributed by atoms with E-state index < -0.39 is 0 Å². The molecule has 2 unspecified atom stereocenters. The third-order valence-corrected chi connectivity index (χ3v) is 7.12. The van der Waals surface area contributed by atoms with Gasteiger partial charge in [-0.1, -0.05) is 29.3 Å². The largest absolute Gasteiger partial charge is 0.491 e. The Kier molecular flexibility index (Phi) is 6.42. The molecule has 5 nitrogen and oxygen atoms in total. The van der Waals surface area contributed by atoms with Crippen LogP contribution in [0.3, 0.4) is 0 Å². The molecule has 7 heteroatoms. The standard InChI is InChI=1S/C23H27Cl2N3O2/c1-28-17-6-7-18(28)9-14(8-17)13-26-23(29)22(30-2)5-3-4-16-10-15-11-19(24)20(25)12-21(15)27-16/h3-5,10-12,14,17-18,27H,6-9,13H2,1-2H3,(H,26,29)/b4-3+,22-5+. The third kappa shape index (κ3) is 4.53. The van der Waals surface area contributed by atoms with Crippen LogP contribution in [-0.4, -0.2) is 48.6 Å². The number of aromatic amines is 1. The van der Waals surface area contributed by atoms with E-state index in [4.69, 9.17) is 27.9 Å². The number of halogens is 2. The summed E-state index contributed by atoms with van der Waals surface area (Å²) in [5.41, 5.74) is 1.79. The van der Waals surface area contributed by atoms with Crippen LogP contribution in [0.5, 0.6) is 0 Å². The second kappa shape index (κ2) is 9.04. The number of nitrogens with one attached hydrogen (secondary N) is 2. The molecule has 0 aliphatic carbocycles. The minimum Gasteiger partial charge on any atom is -0.491 e. The highest BCUT2D eigenvalue weighted by Gasteiger charge is 2.38. The van der Waals surface area contributed by atoms with Gasteiger partial charge in [0.25, 0.3) is 5.91 Å². The number of ether oxygens (including phenoxy) is 1. The number of carbonyl (C=O) groups is 1. The first-order valence-corrected chi connectivity index (χ1v) is 11.1. The van der Waals surface area contributed by atoms with Crippen LogP contribution < -0.4 is 5.32 Å². The summed E-state index contributed by atoms with van der Waals surface area (Å²) in [6.45, 7) is 0.702. The molecule has 1 aromatic carbocycles. The van der Waals surface area contributed by atoms with Crippen molar-refractivity contribution in [3.63, 3.8) is 0 Å². The fraction of sp³-hybridized carbons (Fsp3) is 0.435. The Balaban J connectivity index is 1.35. The monoisotopic (exact) mass is 447 g/mol. The molecule has 2 aliphatic heterocycles. The lowest BCUT2D eigenvalue weighted by molar-refractivity contribution is -0.120. The van der Waals surface area contributed by atoms with Crippen molar-refractivity contribution in [3.8, 4) is 0 Å². The summed E-state index contributed by atoms with van der Waals surface area (Å²) in [4.78, 5) is 18.3. The molecule has 2 fully saturated rings. The normalized spacial score (nSPS) is 24.7. The van der Waals surface area contributed by atoms with Gasteiger partial charge in [0.05, 0.1) is 17.2 Å². The van der Waals surface area contributed by atoms with Crippen molar-refractivity contribution < 1.29 is 9.53 Å². The summed E-state index contributed by atoms with van der Waals surface area (Å²) in [5.74, 6) is 0.661. The van der Waals surface area contributed by atoms with Crippen LogP contribution in [0, 0.1) is 5.92 Å². The molecule has 0 spiro atoms. The van der Waals surface area contributed by atoms with Crippen molar-refractivity contribution in [1.29, 1.82) is 0 Å². The maximum Gasteiger partial charge on any atom is 0.286 e. The summed E-state index contributed by atoms with van der Waals surface area (Å²) < 4.78 is 5.30. The molecule has 2 saturated heterocycles. The first-order chi connectivity index (χ1) is 14.4. The van der Waals surface area contributed by atoms with E-state index in [9.17, 15) is 4.79 Å². The molecule has 160 valence electrons. The molecule has 3 heterocycles. The second-order valence-electron chi connectivity index (χ2n) is 8.27. The van der Waals surface area contributed by atoms with Gasteiger partial charge < -0.3 is 19.9 Å². The van der Waals surface area contributed by atoms with Gasteiger partial charge in [-0.25, -0.2) is 0 Å². The van der Waals surface area contributed by atoms with Crippen molar-refractivity contribution in [2.24, 2.45) is 5.92 Å². The molecular weight excluding hydrogens is 421 g/mol. The topological polar surface area (TPSA) is 57.4 Å². The zero-order chi connectivity index (χ0) is 21.3. The summed E-state index contributed by atoms with van der Waals surface area (Å²) in [5, 5.41) is 5.06. The predicted molar refractivity (Wildman–Crippen MR) is 123 cm³/mol. The van der Waals surface area contributed by atoms with Gasteiger partial charge >= 0.3 is 0 Å². The van der Waals surface area contributed by atoms with E-state index in [1.807, 2.05) is 18.2 Å². The summed E-state index contributed by atoms with van der Waals surface area (Å²) in [6, 6.07) is 6.95. The maximum absolute atomic E-state index is 12.5. The first-order valence-electron chi connectivity index (χ1n) is 10.3. The van der Waals surface area contributed by atoms with Crippen molar-refractivity contribution in [1.82, 2.24) is 15.2 Å². The molecule has 0 radical (unpaired) electrons. The highest BCUT2D eigenvalue weighted by molar-refractivity contribution is 6.42. The Morgan fingerprint density at radius 1 is 1.23 bits per heavy atom. The molecule has 2 aromatic rings. The smallest absolute Gasteiger partial charge is 0.286 e. The van der Waals surface area contributed by atoms with Crippen LogP contribution in [0.15, 0.2) is 36.1 Å². The Bertz CT molecular complexity index is 945. The number of piperidine rings is 1. The zero-order valence-corrected chi connectivity index (χ0v) is 18.8. The van der Waals surface area contributed by atoms with Gasteiger partial charge in [0.2, 0.25) is 0 Å². The van der Waals surface area contributed by atoms with E-state index in [1.165, 1.54) is 20.0 Å². The number of allylic oxidation sites excluding steroid dienone is 2. The molecule has 2 N–H and O–H groups in total. The van der Waals surface area contributed by atoms with Crippen molar-refractivity contribution in [2.45, 2.75) is 37.8 Å². The van der Waals surface area contributed by atoms with Gasteiger partial charge in [-0.15, -0.1) is 0 Å². The SMILES string of the molecule is CO/C(=C/C=C/c1cc2cc(Cl)c(Cl)cc2[nH]1)C(=O)NCC1CC2CCC(C1)N2C. The van der Waals surface area contributed by atoms with E-state index in [2.05, 4.69) is 22.2 Å². The molecule has 2 aliphatic rings. The van der Waals surface area contributed by atoms with E-state index in [-0.39, 0.29) is 5.91 Å². The predicted octanol–water partition coefficient (Wildman–Crippen LogP) is 5.01. The molecule has 0 saturated carbocycles. The number of aromatic nitrogens is 1. The van der Waals surface area contributed by atoms with E-state index >= 15 is 0 Å². The summed E-state index contributed by atoms with van der Waals surface area (Å²) >= 11 is 12.1. The molecule has 1 amide bonds. The van der Waals surface area contributed by atoms with Gasteiger partial charge in [-0.3, -0.25) is 4.79 Å². The van der Waals surface area contributed by atoms with Crippen LogP contribution in [0.25, 0.3) is 17.0 Å². The van der Waals surface area contributed by atoms with Crippen molar-refractivity contribution in [3.05, 3.63) is 51.8 Å². The summed E-state index contributed by atoms with van der Waals surface area (Å²) in [7, 11) is 3.74. The van der Waals surface area contributed by atoms with Crippen LogP contribution in [0.2, 0.25) is 10.0 Å². The number of carbonyl (C=O) groups excluding carboxylic acids is 1. The van der Waals surface area contributed by atoms with Crippen molar-refractivity contribution >= 4 is 46.1 Å². The number of hydrogen-bond donors (Lipinski definition) is 2. The third-order valence-electron chi connectivity index (χ3n) is 6.40. The van der Waals surface area contributed by atoms with Gasteiger partial charge in [0.1, 0.15) is 0 Å². The number of amides is 1. The highest BCUT2D eigenvalue weighted by Crippen LogP contribution is 2.37. The molecular formula is C23H27Cl2N3O2. The van der Waals surface area contributed by atoms with E-state index in [0.717, 1.165) is 29.4 Å². The molecule has 2 atom stereocenters. The van der Waals surface area contributed by atoms with E-state index in [1.54, 1.807) is 18.2 Å². The summed E-state index contributed by atoms with van der Waals surface area (Å²) in [6.07, 6.45) is 10.2. The molecule has 2 bridgehead atoms. The van der Waals surface area contributed by atoms with Crippen LogP contribution >= 0.6 is 23.2 Å². The number of H-pyrrole nitrogens is 1. The number of methoxy groups -OCH3 is 1. The van der Waals surface area contributed by atoms with Crippen LogP contribution in [0.1, 0.15) is 31.4 Å². The minimum atomic E-state index is -0.177. The maximum atomic E-state index is 12.5. The minimum absolute atomic E-state index is 0.177. The highest BCUT2D eigenvalue weighted by atomic mass is 35.5. The fourth-order valence-electron chi connectivity index (χ4n) is 4.73. The Morgan fingerprint density at radius 3 is 2.63 bits per heavy atom. The van der Waals surface area contributed by atoms with Crippen LogP contribution in [0.4, 0.5) is 0 Å². The second-order valence-corrected chi connectivity index (χ2v) is 9.08. The number of fused-ring (bicyclic) bond motifs is 3. The Hall–Kier alpha value is -1.95. The lowest BCUT2D eigenvalue weighted by Crippen LogP contribution is -2.43. The van der Waals surface area contributed by atoms with E-state index in [0.29, 0.717) is 40.4 Å². The average Bonchev–Trinajstić information content (AvgIpc) is 3.17. The van der Waals surface area contributed by atoms with Gasteiger partial charge in [0, 0.05) is 35.2 Å². The molecule has 30 heavy (non-hydrogen) atoms. The number of nitrogens with zero attached hydrogens (tertiary/aromatic N) is 1. The number of benzene rings is 1. The Morgan fingerprint density at radius 2 is 1.93 bits per heavy atom. The fourth-order valence-corrected chi connectivity index (χ4v) is 5.07.